The molecule has 0 saturated carbocycles. The summed E-state index contributed by atoms with van der Waals surface area (Å²) in [5, 5.41) is 0. The molecule has 1 fully saturated rings. The van der Waals surface area contributed by atoms with Crippen molar-refractivity contribution in [2.75, 3.05) is 32.8 Å². The van der Waals surface area contributed by atoms with Gasteiger partial charge in [-0.25, -0.2) is 8.42 Å². The number of benzene rings is 1. The Morgan fingerprint density at radius 3 is 2.44 bits per heavy atom. The molecule has 1 amide bonds. The maximum Gasteiger partial charge on any atom is 0.251 e. The quantitative estimate of drug-likeness (QED) is 0.719. The van der Waals surface area contributed by atoms with Crippen LogP contribution in [0.2, 0.25) is 0 Å². The molecule has 2 rings (SSSR count). The number of amides is 1. The largest absolute Gasteiger partial charge is 0.365 e. The fourth-order valence-corrected chi connectivity index (χ4v) is 4.22. The van der Waals surface area contributed by atoms with Crippen molar-refractivity contribution in [2.45, 2.75) is 31.8 Å². The van der Waals surface area contributed by atoms with Crippen LogP contribution in [-0.4, -0.2) is 62.4 Å². The molecule has 138 valence electrons. The summed E-state index contributed by atoms with van der Waals surface area (Å²) in [5.41, 5.74) is 2.01. The molecule has 1 aromatic carbocycles. The molecule has 0 aromatic heterocycles. The van der Waals surface area contributed by atoms with Crippen LogP contribution in [-0.2, 0) is 19.6 Å². The highest BCUT2D eigenvalue weighted by Gasteiger charge is 2.31. The summed E-state index contributed by atoms with van der Waals surface area (Å²) in [4.78, 5) is 14.3. The Hall–Kier alpha value is -1.70. The van der Waals surface area contributed by atoms with Crippen molar-refractivity contribution in [3.8, 4) is 0 Å². The molecule has 1 aliphatic heterocycles. The van der Waals surface area contributed by atoms with Gasteiger partial charge in [-0.3, -0.25) is 4.79 Å². The van der Waals surface area contributed by atoms with Crippen LogP contribution in [0.1, 0.15) is 18.1 Å². The molecule has 0 spiro atoms. The smallest absolute Gasteiger partial charge is 0.251 e. The van der Waals surface area contributed by atoms with Gasteiger partial charge in [0.05, 0.1) is 11.5 Å². The Balaban J connectivity index is 2.02. The fraction of sp³-hybridized carbons (Fsp3) is 0.500. The van der Waals surface area contributed by atoms with Crippen LogP contribution in [0.5, 0.6) is 0 Å². The summed E-state index contributed by atoms with van der Waals surface area (Å²) in [5.74, 6) is -0.120. The van der Waals surface area contributed by atoms with Crippen molar-refractivity contribution < 1.29 is 17.9 Å². The lowest BCUT2D eigenvalue weighted by molar-refractivity contribution is -0.143. The van der Waals surface area contributed by atoms with E-state index in [-0.39, 0.29) is 19.0 Å². The number of carbonyl (C=O) groups is 1. The van der Waals surface area contributed by atoms with Gasteiger partial charge in [0.2, 0.25) is 10.0 Å². The van der Waals surface area contributed by atoms with E-state index in [0.717, 1.165) is 11.1 Å². The lowest BCUT2D eigenvalue weighted by Crippen LogP contribution is -2.52. The third-order valence-corrected chi connectivity index (χ3v) is 6.37. The third-order valence-electron chi connectivity index (χ3n) is 4.48. The fourth-order valence-electron chi connectivity index (χ4n) is 2.71. The Kier molecular flexibility index (Phi) is 6.37. The minimum Gasteiger partial charge on any atom is -0.365 e. The minimum absolute atomic E-state index is 0.120. The molecule has 6 nitrogen and oxygen atoms in total. The van der Waals surface area contributed by atoms with Crippen molar-refractivity contribution in [2.24, 2.45) is 0 Å². The SMILES string of the molecule is C=CCOC(C)C(=O)N1CCN(S(=O)(=O)c2ccc(C)c(C)c2)CC1. The van der Waals surface area contributed by atoms with Crippen molar-refractivity contribution in [1.82, 2.24) is 9.21 Å². The summed E-state index contributed by atoms with van der Waals surface area (Å²) < 4.78 is 32.4. The van der Waals surface area contributed by atoms with Gasteiger partial charge in [0.1, 0.15) is 6.10 Å². The molecule has 0 bridgehead atoms. The van der Waals surface area contributed by atoms with Crippen LogP contribution in [0, 0.1) is 13.8 Å². The first-order valence-electron chi connectivity index (χ1n) is 8.36. The number of carbonyl (C=O) groups excluding carboxylic acids is 1. The highest BCUT2D eigenvalue weighted by Crippen LogP contribution is 2.20. The number of rotatable bonds is 6. The molecule has 0 N–H and O–H groups in total. The minimum atomic E-state index is -3.53. The van der Waals surface area contributed by atoms with Gasteiger partial charge < -0.3 is 9.64 Å². The van der Waals surface area contributed by atoms with E-state index in [1.54, 1.807) is 30.0 Å². The monoisotopic (exact) mass is 366 g/mol. The Morgan fingerprint density at radius 1 is 1.24 bits per heavy atom. The molecule has 1 unspecified atom stereocenters. The van der Waals surface area contributed by atoms with E-state index in [2.05, 4.69) is 6.58 Å². The van der Waals surface area contributed by atoms with Gasteiger partial charge in [0, 0.05) is 26.2 Å². The zero-order valence-corrected chi connectivity index (χ0v) is 15.9. The van der Waals surface area contributed by atoms with Gasteiger partial charge in [0.25, 0.3) is 5.91 Å². The van der Waals surface area contributed by atoms with Crippen LogP contribution in [0.15, 0.2) is 35.7 Å². The zero-order valence-electron chi connectivity index (χ0n) is 15.1. The lowest BCUT2D eigenvalue weighted by atomic mass is 10.1. The van der Waals surface area contributed by atoms with E-state index in [0.29, 0.717) is 24.6 Å². The molecule has 25 heavy (non-hydrogen) atoms. The molecule has 0 aliphatic carbocycles. The first kappa shape index (κ1) is 19.6. The van der Waals surface area contributed by atoms with Crippen LogP contribution >= 0.6 is 0 Å². The molecule has 1 aliphatic rings. The summed E-state index contributed by atoms with van der Waals surface area (Å²) >= 11 is 0. The van der Waals surface area contributed by atoms with Gasteiger partial charge in [-0.05, 0) is 44.0 Å². The van der Waals surface area contributed by atoms with Crippen LogP contribution < -0.4 is 0 Å². The molecule has 7 heteroatoms. The maximum atomic E-state index is 12.8. The van der Waals surface area contributed by atoms with Gasteiger partial charge in [0.15, 0.2) is 0 Å². The van der Waals surface area contributed by atoms with Gasteiger partial charge in [-0.1, -0.05) is 12.1 Å². The van der Waals surface area contributed by atoms with E-state index < -0.39 is 16.1 Å². The molecule has 1 atom stereocenters. The second-order valence-electron chi connectivity index (χ2n) is 6.24. The third kappa shape index (κ3) is 4.48. The van der Waals surface area contributed by atoms with Crippen LogP contribution in [0.4, 0.5) is 0 Å². The van der Waals surface area contributed by atoms with E-state index in [9.17, 15) is 13.2 Å². The van der Waals surface area contributed by atoms with E-state index in [4.69, 9.17) is 4.74 Å². The molecule has 1 heterocycles. The first-order valence-corrected chi connectivity index (χ1v) is 9.80. The summed E-state index contributed by atoms with van der Waals surface area (Å²) in [7, 11) is -3.53. The zero-order chi connectivity index (χ0) is 18.6. The van der Waals surface area contributed by atoms with Gasteiger partial charge in [-0.2, -0.15) is 4.31 Å². The van der Waals surface area contributed by atoms with Gasteiger partial charge in [-0.15, -0.1) is 6.58 Å². The number of aryl methyl sites for hydroxylation is 2. The van der Waals surface area contributed by atoms with E-state index in [1.165, 1.54) is 4.31 Å². The number of hydrogen-bond acceptors (Lipinski definition) is 4. The van der Waals surface area contributed by atoms with E-state index >= 15 is 0 Å². The maximum absolute atomic E-state index is 12.8. The van der Waals surface area contributed by atoms with Crippen LogP contribution in [0.25, 0.3) is 0 Å². The second kappa shape index (κ2) is 8.12. The predicted octanol–water partition coefficient (Wildman–Crippen LogP) is 1.73. The molecular formula is C18H26N2O4S. The normalized spacial score (nSPS) is 17.3. The lowest BCUT2D eigenvalue weighted by Gasteiger charge is -2.35. The average molecular weight is 366 g/mol. The number of nitrogens with zero attached hydrogens (tertiary/aromatic N) is 2. The number of ether oxygens (including phenoxy) is 1. The number of sulfonamides is 1. The Labute approximate surface area is 150 Å². The molecule has 0 radical (unpaired) electrons. The van der Waals surface area contributed by atoms with Crippen molar-refractivity contribution >= 4 is 15.9 Å². The molecule has 1 aromatic rings. The Bertz CT molecular complexity index is 737. The number of piperazine rings is 1. The molecule has 1 saturated heterocycles. The van der Waals surface area contributed by atoms with E-state index in [1.807, 2.05) is 19.9 Å². The summed E-state index contributed by atoms with van der Waals surface area (Å²) in [6.07, 6.45) is 1.04. The summed E-state index contributed by atoms with van der Waals surface area (Å²) in [6, 6.07) is 5.16. The van der Waals surface area contributed by atoms with Crippen molar-refractivity contribution in [1.29, 1.82) is 0 Å². The topological polar surface area (TPSA) is 66.9 Å². The van der Waals surface area contributed by atoms with Crippen molar-refractivity contribution in [3.63, 3.8) is 0 Å². The highest BCUT2D eigenvalue weighted by atomic mass is 32.2. The van der Waals surface area contributed by atoms with Crippen molar-refractivity contribution in [3.05, 3.63) is 42.0 Å². The van der Waals surface area contributed by atoms with Gasteiger partial charge >= 0.3 is 0 Å². The number of hydrogen-bond donors (Lipinski definition) is 0. The molecular weight excluding hydrogens is 340 g/mol. The van der Waals surface area contributed by atoms with Crippen LogP contribution in [0.3, 0.4) is 0 Å². The standard InChI is InChI=1S/C18H26N2O4S/c1-5-12-24-16(4)18(21)19-8-10-20(11-9-19)25(22,23)17-7-6-14(2)15(3)13-17/h5-7,13,16H,1,8-12H2,2-4H3. The predicted molar refractivity (Wildman–Crippen MR) is 96.9 cm³/mol. The first-order chi connectivity index (χ1) is 11.8. The second-order valence-corrected chi connectivity index (χ2v) is 8.18. The average Bonchev–Trinajstić information content (AvgIpc) is 2.61. The summed E-state index contributed by atoms with van der Waals surface area (Å²) in [6.45, 7) is 10.7. The highest BCUT2D eigenvalue weighted by molar-refractivity contribution is 7.89. The Morgan fingerprint density at radius 2 is 1.88 bits per heavy atom.